The van der Waals surface area contributed by atoms with Gasteiger partial charge in [-0.25, -0.2) is 0 Å². The number of ether oxygens (including phenoxy) is 1. The van der Waals surface area contributed by atoms with E-state index in [1.165, 1.54) is 0 Å². The third-order valence-electron chi connectivity index (χ3n) is 2.79. The van der Waals surface area contributed by atoms with Gasteiger partial charge in [0.05, 0.1) is 13.0 Å². The van der Waals surface area contributed by atoms with Gasteiger partial charge in [-0.05, 0) is 17.7 Å². The Kier molecular flexibility index (Phi) is 2.76. The van der Waals surface area contributed by atoms with Crippen molar-refractivity contribution in [2.24, 2.45) is 5.92 Å². The zero-order valence-electron chi connectivity index (χ0n) is 8.48. The Morgan fingerprint density at radius 1 is 1.38 bits per heavy atom. The maximum absolute atomic E-state index is 10.9. The van der Waals surface area contributed by atoms with Gasteiger partial charge in [0.2, 0.25) is 0 Å². The molecule has 0 spiro atoms. The summed E-state index contributed by atoms with van der Waals surface area (Å²) in [4.78, 5) is 10.9. The molecule has 5 heteroatoms. The standard InChI is InChI=1S/C11H10Cl2O3/c1-16-7-4-2-6(3-5-7)8-9(10(14)15)11(8,12)13/h2-5,8-9H,1H3,(H,14,15)/t8-,9+/m0/s1. The number of methoxy groups -OCH3 is 1. The van der Waals surface area contributed by atoms with Gasteiger partial charge in [0.25, 0.3) is 0 Å². The number of carboxylic acids is 1. The normalized spacial score (nSPS) is 26.2. The highest BCUT2D eigenvalue weighted by atomic mass is 35.5. The first-order chi connectivity index (χ1) is 7.48. The summed E-state index contributed by atoms with van der Waals surface area (Å²) in [5.41, 5.74) is 0.818. The van der Waals surface area contributed by atoms with Crippen LogP contribution in [0.25, 0.3) is 0 Å². The van der Waals surface area contributed by atoms with E-state index in [0.717, 1.165) is 5.56 Å². The fourth-order valence-corrected chi connectivity index (χ4v) is 2.68. The zero-order chi connectivity index (χ0) is 11.9. The fraction of sp³-hybridized carbons (Fsp3) is 0.364. The summed E-state index contributed by atoms with van der Waals surface area (Å²) >= 11 is 11.9. The molecule has 0 aliphatic heterocycles. The molecule has 86 valence electrons. The van der Waals surface area contributed by atoms with E-state index in [1.54, 1.807) is 31.4 Å². The molecule has 0 heterocycles. The number of alkyl halides is 2. The monoisotopic (exact) mass is 260 g/mol. The van der Waals surface area contributed by atoms with Crippen LogP contribution in [0.4, 0.5) is 0 Å². The lowest BCUT2D eigenvalue weighted by molar-refractivity contribution is -0.138. The van der Waals surface area contributed by atoms with E-state index in [1.807, 2.05) is 0 Å². The number of carbonyl (C=O) groups is 1. The van der Waals surface area contributed by atoms with E-state index in [4.69, 9.17) is 33.0 Å². The Morgan fingerprint density at radius 2 is 1.94 bits per heavy atom. The van der Waals surface area contributed by atoms with Crippen LogP contribution in [0.1, 0.15) is 11.5 Å². The molecule has 1 N–H and O–H groups in total. The van der Waals surface area contributed by atoms with Gasteiger partial charge in [-0.2, -0.15) is 0 Å². The molecular formula is C11H10Cl2O3. The highest BCUT2D eigenvalue weighted by Gasteiger charge is 2.68. The summed E-state index contributed by atoms with van der Waals surface area (Å²) in [5.74, 6) is -1.33. The highest BCUT2D eigenvalue weighted by molar-refractivity contribution is 6.53. The molecule has 2 rings (SSSR count). The molecule has 0 bridgehead atoms. The molecule has 1 aromatic rings. The zero-order valence-corrected chi connectivity index (χ0v) is 10.00. The van der Waals surface area contributed by atoms with Crippen molar-refractivity contribution in [2.45, 2.75) is 10.3 Å². The van der Waals surface area contributed by atoms with Gasteiger partial charge in [-0.15, -0.1) is 0 Å². The van der Waals surface area contributed by atoms with Crippen LogP contribution in [0.5, 0.6) is 5.75 Å². The Labute approximate surface area is 103 Å². The minimum absolute atomic E-state index is 0.348. The van der Waals surface area contributed by atoms with Crippen molar-refractivity contribution >= 4 is 29.2 Å². The van der Waals surface area contributed by atoms with E-state index in [2.05, 4.69) is 0 Å². The first-order valence-corrected chi connectivity index (χ1v) is 5.48. The predicted octanol–water partition coefficient (Wildman–Crippen LogP) is 2.67. The van der Waals surface area contributed by atoms with Crippen LogP contribution in [0, 0.1) is 5.92 Å². The number of rotatable bonds is 3. The van der Waals surface area contributed by atoms with Crippen molar-refractivity contribution in [1.29, 1.82) is 0 Å². The van der Waals surface area contributed by atoms with Crippen molar-refractivity contribution in [3.05, 3.63) is 29.8 Å². The molecule has 1 aliphatic rings. The summed E-state index contributed by atoms with van der Waals surface area (Å²) < 4.78 is 3.82. The Morgan fingerprint density at radius 3 is 2.31 bits per heavy atom. The second kappa shape index (κ2) is 3.82. The minimum atomic E-state index is -1.19. The number of benzene rings is 1. The van der Waals surface area contributed by atoms with Crippen LogP contribution in [-0.4, -0.2) is 22.5 Å². The van der Waals surface area contributed by atoms with E-state index >= 15 is 0 Å². The fourth-order valence-electron chi connectivity index (χ4n) is 1.86. The van der Waals surface area contributed by atoms with Crippen LogP contribution in [0.15, 0.2) is 24.3 Å². The first-order valence-electron chi connectivity index (χ1n) is 4.73. The van der Waals surface area contributed by atoms with Gasteiger partial charge in [-0.1, -0.05) is 35.3 Å². The second-order valence-electron chi connectivity index (χ2n) is 3.74. The molecule has 2 atom stereocenters. The van der Waals surface area contributed by atoms with Gasteiger partial charge in [0.15, 0.2) is 0 Å². The largest absolute Gasteiger partial charge is 0.497 e. The second-order valence-corrected chi connectivity index (χ2v) is 5.19. The van der Waals surface area contributed by atoms with E-state index in [9.17, 15) is 4.79 Å². The molecule has 1 saturated carbocycles. The van der Waals surface area contributed by atoms with Crippen LogP contribution in [-0.2, 0) is 4.79 Å². The lowest BCUT2D eigenvalue weighted by Crippen LogP contribution is -2.03. The Hall–Kier alpha value is -0.930. The van der Waals surface area contributed by atoms with Gasteiger partial charge in [-0.3, -0.25) is 4.79 Å². The average Bonchev–Trinajstić information content (AvgIpc) is 2.82. The van der Waals surface area contributed by atoms with Crippen LogP contribution in [0.3, 0.4) is 0 Å². The van der Waals surface area contributed by atoms with Crippen molar-refractivity contribution in [2.75, 3.05) is 7.11 Å². The summed E-state index contributed by atoms with van der Waals surface area (Å²) in [6, 6.07) is 7.09. The number of hydrogen-bond donors (Lipinski definition) is 1. The predicted molar refractivity (Wildman–Crippen MR) is 61.3 cm³/mol. The van der Waals surface area contributed by atoms with Crippen LogP contribution >= 0.6 is 23.2 Å². The quantitative estimate of drug-likeness (QED) is 0.851. The van der Waals surface area contributed by atoms with Crippen molar-refractivity contribution in [3.63, 3.8) is 0 Å². The molecule has 16 heavy (non-hydrogen) atoms. The van der Waals surface area contributed by atoms with E-state index in [-0.39, 0.29) is 5.92 Å². The maximum Gasteiger partial charge on any atom is 0.310 e. The molecule has 0 unspecified atom stereocenters. The van der Waals surface area contributed by atoms with E-state index in [0.29, 0.717) is 5.75 Å². The first kappa shape index (κ1) is 11.6. The van der Waals surface area contributed by atoms with Gasteiger partial charge >= 0.3 is 5.97 Å². The summed E-state index contributed by atoms with van der Waals surface area (Å²) in [6.07, 6.45) is 0. The lowest BCUT2D eigenvalue weighted by Gasteiger charge is -2.02. The lowest BCUT2D eigenvalue weighted by atomic mass is 10.1. The van der Waals surface area contributed by atoms with Crippen LogP contribution < -0.4 is 4.74 Å². The molecule has 1 fully saturated rings. The average molecular weight is 261 g/mol. The molecule has 0 aromatic heterocycles. The molecule has 1 aromatic carbocycles. The summed E-state index contributed by atoms with van der Waals surface area (Å²) in [7, 11) is 1.57. The van der Waals surface area contributed by atoms with Crippen molar-refractivity contribution in [3.8, 4) is 5.75 Å². The molecule has 3 nitrogen and oxygen atoms in total. The molecule has 0 radical (unpaired) electrons. The van der Waals surface area contributed by atoms with Gasteiger partial charge in [0, 0.05) is 5.92 Å². The minimum Gasteiger partial charge on any atom is -0.497 e. The van der Waals surface area contributed by atoms with Gasteiger partial charge in [0.1, 0.15) is 10.1 Å². The Balaban J connectivity index is 2.23. The van der Waals surface area contributed by atoms with Crippen molar-refractivity contribution < 1.29 is 14.6 Å². The third kappa shape index (κ3) is 1.74. The smallest absolute Gasteiger partial charge is 0.310 e. The SMILES string of the molecule is COc1ccc([C@H]2[C@H](C(=O)O)C2(Cl)Cl)cc1. The van der Waals surface area contributed by atoms with E-state index < -0.39 is 16.2 Å². The summed E-state index contributed by atoms with van der Waals surface area (Å²) in [6.45, 7) is 0. The van der Waals surface area contributed by atoms with Crippen molar-refractivity contribution in [1.82, 2.24) is 0 Å². The number of carboxylic acid groups (broad SMARTS) is 1. The highest BCUT2D eigenvalue weighted by Crippen LogP contribution is 2.64. The molecule has 1 aliphatic carbocycles. The van der Waals surface area contributed by atoms with Gasteiger partial charge < -0.3 is 9.84 Å². The number of hydrogen-bond acceptors (Lipinski definition) is 2. The Bertz CT molecular complexity index is 414. The third-order valence-corrected chi connectivity index (χ3v) is 3.73. The molecular weight excluding hydrogens is 251 g/mol. The topological polar surface area (TPSA) is 46.5 Å². The number of aliphatic carboxylic acids is 1. The maximum atomic E-state index is 10.9. The number of halogens is 2. The van der Waals surface area contributed by atoms with Crippen LogP contribution in [0.2, 0.25) is 0 Å². The molecule has 0 saturated heterocycles. The summed E-state index contributed by atoms with van der Waals surface area (Å²) in [5, 5.41) is 8.93. The molecule has 0 amide bonds.